The molecule has 0 saturated heterocycles. The average Bonchev–Trinajstić information content (AvgIpc) is 2.85. The molecule has 0 saturated carbocycles. The van der Waals surface area contributed by atoms with Gasteiger partial charge in [-0.1, -0.05) is 25.9 Å². The second-order valence-electron chi connectivity index (χ2n) is 5.09. The first-order valence-electron chi connectivity index (χ1n) is 5.54. The summed E-state index contributed by atoms with van der Waals surface area (Å²) in [4.78, 5) is 11.3. The number of nitrogens with two attached hydrogens (primary N) is 1. The topological polar surface area (TPSA) is 93.6 Å². The second-order valence-corrected chi connectivity index (χ2v) is 5.09. The van der Waals surface area contributed by atoms with Gasteiger partial charge in [0.05, 0.1) is 12.4 Å². The highest BCUT2D eigenvalue weighted by atomic mass is 16.5. The maximum atomic E-state index is 6.00. The van der Waals surface area contributed by atoms with Crippen LogP contribution in [-0.2, 0) is 11.8 Å². The highest BCUT2D eigenvalue weighted by molar-refractivity contribution is 5.05. The Morgan fingerprint density at radius 2 is 2.24 bits per heavy atom. The molecule has 2 aromatic heterocycles. The van der Waals surface area contributed by atoms with Gasteiger partial charge >= 0.3 is 0 Å². The van der Waals surface area contributed by atoms with E-state index in [4.69, 9.17) is 10.3 Å². The molecule has 2 heterocycles. The van der Waals surface area contributed by atoms with Crippen molar-refractivity contribution in [2.24, 2.45) is 5.73 Å². The maximum absolute atomic E-state index is 6.00. The van der Waals surface area contributed by atoms with Crippen molar-refractivity contribution in [2.75, 3.05) is 0 Å². The highest BCUT2D eigenvalue weighted by Gasteiger charge is 2.23. The lowest BCUT2D eigenvalue weighted by Crippen LogP contribution is -2.16. The molecule has 92 valence electrons. The van der Waals surface area contributed by atoms with Crippen molar-refractivity contribution in [3.05, 3.63) is 29.9 Å². The number of nitrogens with one attached hydrogen (secondary N) is 1. The van der Waals surface area contributed by atoms with Crippen LogP contribution in [0.1, 0.15) is 44.2 Å². The highest BCUT2D eigenvalue weighted by Crippen LogP contribution is 2.21. The third-order valence-electron chi connectivity index (χ3n) is 2.42. The van der Waals surface area contributed by atoms with Gasteiger partial charge in [-0.25, -0.2) is 4.98 Å². The molecule has 0 unspecified atom stereocenters. The summed E-state index contributed by atoms with van der Waals surface area (Å²) in [5, 5.41) is 3.95. The van der Waals surface area contributed by atoms with Gasteiger partial charge in [-0.15, -0.1) is 0 Å². The average molecular weight is 235 g/mol. The quantitative estimate of drug-likeness (QED) is 0.837. The van der Waals surface area contributed by atoms with Crippen molar-refractivity contribution in [3.63, 3.8) is 0 Å². The zero-order chi connectivity index (χ0) is 12.5. The summed E-state index contributed by atoms with van der Waals surface area (Å²) in [7, 11) is 0. The molecular formula is C11H17N5O. The van der Waals surface area contributed by atoms with Crippen LogP contribution in [0.25, 0.3) is 0 Å². The molecule has 0 aliphatic heterocycles. The number of aromatic nitrogens is 4. The van der Waals surface area contributed by atoms with E-state index in [1.807, 2.05) is 20.8 Å². The van der Waals surface area contributed by atoms with Gasteiger partial charge in [0.2, 0.25) is 5.89 Å². The largest absolute Gasteiger partial charge is 0.348 e. The molecule has 0 aliphatic rings. The van der Waals surface area contributed by atoms with E-state index in [9.17, 15) is 0 Å². The third-order valence-corrected chi connectivity index (χ3v) is 2.42. The van der Waals surface area contributed by atoms with Crippen LogP contribution in [0.15, 0.2) is 17.0 Å². The molecule has 6 nitrogen and oxygen atoms in total. The normalized spacial score (nSPS) is 13.9. The van der Waals surface area contributed by atoms with Gasteiger partial charge in [0, 0.05) is 23.7 Å². The van der Waals surface area contributed by atoms with Crippen molar-refractivity contribution in [2.45, 2.75) is 38.6 Å². The summed E-state index contributed by atoms with van der Waals surface area (Å²) in [5.74, 6) is 1.14. The molecular weight excluding hydrogens is 218 g/mol. The number of hydrogen-bond acceptors (Lipinski definition) is 5. The third kappa shape index (κ3) is 2.71. The molecule has 2 aromatic rings. The van der Waals surface area contributed by atoms with Crippen molar-refractivity contribution in [1.82, 2.24) is 20.1 Å². The lowest BCUT2D eigenvalue weighted by atomic mass is 9.96. The molecule has 1 atom stereocenters. The number of rotatable bonds is 3. The second kappa shape index (κ2) is 4.29. The maximum Gasteiger partial charge on any atom is 0.243 e. The minimum absolute atomic E-state index is 0.130. The molecule has 6 heteroatoms. The lowest BCUT2D eigenvalue weighted by molar-refractivity contribution is 0.343. The number of imidazole rings is 1. The van der Waals surface area contributed by atoms with E-state index in [0.717, 1.165) is 5.69 Å². The molecule has 0 aliphatic carbocycles. The SMILES string of the molecule is CC(C)(C)c1noc([C@H](N)Cc2cnc[nH]2)n1. The fourth-order valence-electron chi connectivity index (χ4n) is 1.41. The molecule has 17 heavy (non-hydrogen) atoms. The summed E-state index contributed by atoms with van der Waals surface area (Å²) < 4.78 is 5.18. The smallest absolute Gasteiger partial charge is 0.243 e. The van der Waals surface area contributed by atoms with Crippen molar-refractivity contribution < 1.29 is 4.52 Å². The van der Waals surface area contributed by atoms with Crippen LogP contribution in [0, 0.1) is 0 Å². The van der Waals surface area contributed by atoms with E-state index >= 15 is 0 Å². The van der Waals surface area contributed by atoms with Crippen LogP contribution in [0.2, 0.25) is 0 Å². The Morgan fingerprint density at radius 1 is 1.47 bits per heavy atom. The molecule has 0 spiro atoms. The van der Waals surface area contributed by atoms with E-state index in [1.54, 1.807) is 12.5 Å². The van der Waals surface area contributed by atoms with Crippen LogP contribution in [0.3, 0.4) is 0 Å². The summed E-state index contributed by atoms with van der Waals surface area (Å²) in [6.07, 6.45) is 3.96. The van der Waals surface area contributed by atoms with E-state index in [1.165, 1.54) is 0 Å². The minimum atomic E-state index is -0.306. The first-order valence-corrected chi connectivity index (χ1v) is 5.54. The van der Waals surface area contributed by atoms with Gasteiger partial charge in [-0.3, -0.25) is 0 Å². The van der Waals surface area contributed by atoms with Crippen LogP contribution in [-0.4, -0.2) is 20.1 Å². The summed E-state index contributed by atoms with van der Waals surface area (Å²) in [5.41, 5.74) is 6.82. The predicted octanol–water partition coefficient (Wildman–Crippen LogP) is 1.33. The molecule has 0 amide bonds. The minimum Gasteiger partial charge on any atom is -0.348 e. The number of H-pyrrole nitrogens is 1. The van der Waals surface area contributed by atoms with E-state index < -0.39 is 0 Å². The fourth-order valence-corrected chi connectivity index (χ4v) is 1.41. The van der Waals surface area contributed by atoms with Gasteiger partial charge in [-0.05, 0) is 0 Å². The van der Waals surface area contributed by atoms with Gasteiger partial charge in [0.15, 0.2) is 5.82 Å². The molecule has 0 aromatic carbocycles. The van der Waals surface area contributed by atoms with E-state index in [-0.39, 0.29) is 11.5 Å². The standard InChI is InChI=1S/C11H17N5O/c1-11(2,3)10-15-9(17-16-10)8(12)4-7-5-13-6-14-7/h5-6,8H,4,12H2,1-3H3,(H,13,14)/t8-/m1/s1. The Hall–Kier alpha value is -1.69. The molecule has 2 rings (SSSR count). The van der Waals surface area contributed by atoms with Crippen molar-refractivity contribution >= 4 is 0 Å². The van der Waals surface area contributed by atoms with Crippen molar-refractivity contribution in [1.29, 1.82) is 0 Å². The number of aromatic amines is 1. The Kier molecular flexibility index (Phi) is 2.97. The molecule has 0 bridgehead atoms. The van der Waals surface area contributed by atoms with E-state index in [2.05, 4.69) is 20.1 Å². The predicted molar refractivity (Wildman–Crippen MR) is 62.2 cm³/mol. The van der Waals surface area contributed by atoms with Crippen molar-refractivity contribution in [3.8, 4) is 0 Å². The Bertz CT molecular complexity index is 468. The summed E-state index contributed by atoms with van der Waals surface area (Å²) in [6, 6.07) is -0.306. The summed E-state index contributed by atoms with van der Waals surface area (Å²) >= 11 is 0. The first-order chi connectivity index (χ1) is 7.97. The van der Waals surface area contributed by atoms with Crippen LogP contribution in [0.5, 0.6) is 0 Å². The molecule has 3 N–H and O–H groups in total. The Labute approximate surface area is 99.6 Å². The summed E-state index contributed by atoms with van der Waals surface area (Å²) in [6.45, 7) is 6.09. The zero-order valence-electron chi connectivity index (χ0n) is 10.3. The Morgan fingerprint density at radius 3 is 2.76 bits per heavy atom. The van der Waals surface area contributed by atoms with Crippen LogP contribution < -0.4 is 5.73 Å². The van der Waals surface area contributed by atoms with E-state index in [0.29, 0.717) is 18.1 Å². The van der Waals surface area contributed by atoms with Gasteiger partial charge in [-0.2, -0.15) is 4.98 Å². The zero-order valence-corrected chi connectivity index (χ0v) is 10.3. The first kappa shape index (κ1) is 11.8. The lowest BCUT2D eigenvalue weighted by Gasteiger charge is -2.11. The molecule has 0 fully saturated rings. The van der Waals surface area contributed by atoms with Gasteiger partial charge in [0.1, 0.15) is 0 Å². The molecule has 0 radical (unpaired) electrons. The number of nitrogens with zero attached hydrogens (tertiary/aromatic N) is 3. The fraction of sp³-hybridized carbons (Fsp3) is 0.545. The van der Waals surface area contributed by atoms with Gasteiger partial charge < -0.3 is 15.2 Å². The number of hydrogen-bond donors (Lipinski definition) is 2. The Balaban J connectivity index is 2.10. The monoisotopic (exact) mass is 235 g/mol. The van der Waals surface area contributed by atoms with Crippen LogP contribution in [0.4, 0.5) is 0 Å². The van der Waals surface area contributed by atoms with Gasteiger partial charge in [0.25, 0.3) is 0 Å². The van der Waals surface area contributed by atoms with Crippen LogP contribution >= 0.6 is 0 Å².